The van der Waals surface area contributed by atoms with E-state index in [1.165, 1.54) is 0 Å². The Kier molecular flexibility index (Phi) is 2.91. The standard InChI is InChI=1S/C4H4O.Fe/c1-2-4-5-3-1;/h1-4H;/q;+5. The first-order valence-corrected chi connectivity index (χ1v) is 1.47. The molecule has 1 radical (unpaired) electrons. The fraction of sp³-hybridized carbons (Fsp3) is 0. The second-order valence-electron chi connectivity index (χ2n) is 0.793. The van der Waals surface area contributed by atoms with Gasteiger partial charge in [0.1, 0.15) is 0 Å². The first kappa shape index (κ1) is 5.80. The van der Waals surface area contributed by atoms with E-state index in [0.29, 0.717) is 0 Å². The second kappa shape index (κ2) is 3.01. The number of hydrogen-bond acceptors (Lipinski definition) is 1. The van der Waals surface area contributed by atoms with Crippen LogP contribution in [-0.2, 0) is 17.1 Å². The fourth-order valence-corrected chi connectivity index (χ4v) is 0.227. The molecule has 0 aromatic carbocycles. The minimum atomic E-state index is 0. The van der Waals surface area contributed by atoms with E-state index in [0.717, 1.165) is 0 Å². The zero-order chi connectivity index (χ0) is 3.54. The normalized spacial score (nSPS) is 6.67. The van der Waals surface area contributed by atoms with E-state index >= 15 is 0 Å². The van der Waals surface area contributed by atoms with Crippen LogP contribution in [-0.4, -0.2) is 0 Å². The van der Waals surface area contributed by atoms with Crippen LogP contribution in [0.2, 0.25) is 0 Å². The van der Waals surface area contributed by atoms with Gasteiger partial charge in [0.25, 0.3) is 0 Å². The van der Waals surface area contributed by atoms with Gasteiger partial charge in [-0.05, 0) is 12.1 Å². The van der Waals surface area contributed by atoms with E-state index in [2.05, 4.69) is 4.42 Å². The molecule has 1 rings (SSSR count). The molecule has 2 heteroatoms. The van der Waals surface area contributed by atoms with Gasteiger partial charge in [0, 0.05) is 0 Å². The van der Waals surface area contributed by atoms with Gasteiger partial charge in [0.2, 0.25) is 0 Å². The Hall–Kier alpha value is -0.201. The van der Waals surface area contributed by atoms with Gasteiger partial charge in [-0.2, -0.15) is 0 Å². The molecule has 1 nitrogen and oxygen atoms in total. The molecule has 0 saturated heterocycles. The van der Waals surface area contributed by atoms with Crippen molar-refractivity contribution in [2.75, 3.05) is 0 Å². The summed E-state index contributed by atoms with van der Waals surface area (Å²) in [6.45, 7) is 0. The van der Waals surface area contributed by atoms with E-state index in [4.69, 9.17) is 0 Å². The molecule has 0 aliphatic heterocycles. The quantitative estimate of drug-likeness (QED) is 0.474. The Morgan fingerprint density at radius 3 is 1.67 bits per heavy atom. The number of rotatable bonds is 0. The Balaban J connectivity index is 0.000000250. The maximum absolute atomic E-state index is 4.58. The molecule has 0 bridgehead atoms. The molecule has 0 fully saturated rings. The van der Waals surface area contributed by atoms with E-state index in [-0.39, 0.29) is 17.1 Å². The minimum absolute atomic E-state index is 0. The summed E-state index contributed by atoms with van der Waals surface area (Å²) >= 11 is 0. The van der Waals surface area contributed by atoms with Gasteiger partial charge in [0.15, 0.2) is 0 Å². The average molecular weight is 124 g/mol. The van der Waals surface area contributed by atoms with Crippen molar-refractivity contribution < 1.29 is 21.5 Å². The van der Waals surface area contributed by atoms with Gasteiger partial charge in [-0.1, -0.05) is 0 Å². The van der Waals surface area contributed by atoms with Crippen molar-refractivity contribution >= 4 is 0 Å². The summed E-state index contributed by atoms with van der Waals surface area (Å²) in [7, 11) is 0. The average Bonchev–Trinajstić information content (AvgIpc) is 1.76. The van der Waals surface area contributed by atoms with Crippen LogP contribution in [0.4, 0.5) is 0 Å². The van der Waals surface area contributed by atoms with Crippen LogP contribution >= 0.6 is 0 Å². The summed E-state index contributed by atoms with van der Waals surface area (Å²) in [6, 6.07) is 3.67. The molecule has 0 saturated carbocycles. The van der Waals surface area contributed by atoms with E-state index < -0.39 is 0 Å². The Labute approximate surface area is 46.8 Å². The van der Waals surface area contributed by atoms with Gasteiger partial charge in [0.05, 0.1) is 12.5 Å². The largest absolute Gasteiger partial charge is 5.00 e. The maximum atomic E-state index is 4.58. The minimum Gasteiger partial charge on any atom is -0.473 e. The van der Waals surface area contributed by atoms with Crippen molar-refractivity contribution in [2.45, 2.75) is 0 Å². The SMILES string of the molecule is [Fe+5].c1ccoc1. The second-order valence-corrected chi connectivity index (χ2v) is 0.793. The number of hydrogen-bond donors (Lipinski definition) is 0. The molecule has 0 atom stereocenters. The van der Waals surface area contributed by atoms with Crippen LogP contribution < -0.4 is 0 Å². The summed E-state index contributed by atoms with van der Waals surface area (Å²) in [6.07, 6.45) is 3.25. The summed E-state index contributed by atoms with van der Waals surface area (Å²) in [5.41, 5.74) is 0. The Morgan fingerprint density at radius 2 is 1.50 bits per heavy atom. The Bertz CT molecular complexity index is 64.0. The predicted octanol–water partition coefficient (Wildman–Crippen LogP) is 1.28. The van der Waals surface area contributed by atoms with Gasteiger partial charge in [-0.15, -0.1) is 0 Å². The van der Waals surface area contributed by atoms with Gasteiger partial charge in [-0.3, -0.25) is 0 Å². The van der Waals surface area contributed by atoms with E-state index in [1.54, 1.807) is 12.5 Å². The van der Waals surface area contributed by atoms with Crippen LogP contribution in [0.5, 0.6) is 0 Å². The zero-order valence-corrected chi connectivity index (χ0v) is 4.18. The topological polar surface area (TPSA) is 13.1 Å². The third-order valence-corrected chi connectivity index (χ3v) is 0.425. The summed E-state index contributed by atoms with van der Waals surface area (Å²) in [5, 5.41) is 0. The first-order valence-electron chi connectivity index (χ1n) is 1.47. The molecule has 1 aromatic rings. The van der Waals surface area contributed by atoms with Crippen molar-refractivity contribution in [3.63, 3.8) is 0 Å². The third kappa shape index (κ3) is 1.29. The molecular formula is C4H4FeO+5. The molecule has 0 unspecified atom stereocenters. The molecule has 0 aliphatic carbocycles. The molecule has 0 aliphatic rings. The van der Waals surface area contributed by atoms with Crippen molar-refractivity contribution in [3.8, 4) is 0 Å². The molecule has 0 spiro atoms. The Morgan fingerprint density at radius 1 is 1.00 bits per heavy atom. The van der Waals surface area contributed by atoms with Crippen LogP contribution in [0.25, 0.3) is 0 Å². The summed E-state index contributed by atoms with van der Waals surface area (Å²) < 4.78 is 4.58. The molecule has 29 valence electrons. The number of furan rings is 1. The van der Waals surface area contributed by atoms with Crippen molar-refractivity contribution in [1.29, 1.82) is 0 Å². The fourth-order valence-electron chi connectivity index (χ4n) is 0.227. The third-order valence-electron chi connectivity index (χ3n) is 0.425. The van der Waals surface area contributed by atoms with E-state index in [1.807, 2.05) is 12.1 Å². The molecule has 6 heavy (non-hydrogen) atoms. The molecule has 1 aromatic heterocycles. The van der Waals surface area contributed by atoms with Crippen LogP contribution in [0.1, 0.15) is 0 Å². The van der Waals surface area contributed by atoms with E-state index in [9.17, 15) is 0 Å². The van der Waals surface area contributed by atoms with Crippen LogP contribution in [0.15, 0.2) is 29.1 Å². The molecule has 0 amide bonds. The first-order chi connectivity index (χ1) is 2.50. The zero-order valence-electron chi connectivity index (χ0n) is 3.07. The molecule has 0 N–H and O–H groups in total. The predicted molar refractivity (Wildman–Crippen MR) is 18.7 cm³/mol. The van der Waals surface area contributed by atoms with Crippen LogP contribution in [0, 0.1) is 0 Å². The van der Waals surface area contributed by atoms with Crippen LogP contribution in [0.3, 0.4) is 0 Å². The summed E-state index contributed by atoms with van der Waals surface area (Å²) in [5.74, 6) is 0. The maximum Gasteiger partial charge on any atom is 5.00 e. The molecular weight excluding hydrogens is 120 g/mol. The van der Waals surface area contributed by atoms with Crippen molar-refractivity contribution in [2.24, 2.45) is 0 Å². The summed E-state index contributed by atoms with van der Waals surface area (Å²) in [4.78, 5) is 0. The molecule has 1 heterocycles. The van der Waals surface area contributed by atoms with Crippen molar-refractivity contribution in [3.05, 3.63) is 24.7 Å². The van der Waals surface area contributed by atoms with Gasteiger partial charge in [-0.25, -0.2) is 0 Å². The van der Waals surface area contributed by atoms with Crippen molar-refractivity contribution in [1.82, 2.24) is 0 Å². The van der Waals surface area contributed by atoms with Gasteiger partial charge >= 0.3 is 17.1 Å². The monoisotopic (exact) mass is 124 g/mol. The smallest absolute Gasteiger partial charge is 0.473 e. The van der Waals surface area contributed by atoms with Gasteiger partial charge < -0.3 is 4.42 Å².